The van der Waals surface area contributed by atoms with Gasteiger partial charge in [0.15, 0.2) is 0 Å². The number of rotatable bonds is 5. The maximum atomic E-state index is 12.2. The van der Waals surface area contributed by atoms with E-state index in [2.05, 4.69) is 24.1 Å². The molecule has 0 aromatic rings. The van der Waals surface area contributed by atoms with Crippen molar-refractivity contribution < 1.29 is 14.6 Å². The van der Waals surface area contributed by atoms with Gasteiger partial charge in [-0.05, 0) is 58.8 Å². The van der Waals surface area contributed by atoms with Gasteiger partial charge < -0.3 is 15.2 Å². The van der Waals surface area contributed by atoms with E-state index in [0.29, 0.717) is 12.0 Å². The van der Waals surface area contributed by atoms with Crippen LogP contribution in [0.1, 0.15) is 66.7 Å². The van der Waals surface area contributed by atoms with E-state index >= 15 is 0 Å². The van der Waals surface area contributed by atoms with Gasteiger partial charge in [-0.1, -0.05) is 13.8 Å². The minimum atomic E-state index is -0.484. The highest BCUT2D eigenvalue weighted by Crippen LogP contribution is 2.34. The number of nitrogens with zero attached hydrogens (tertiary/aromatic N) is 1. The first-order chi connectivity index (χ1) is 10.7. The molecular weight excluding hydrogens is 292 g/mol. The van der Waals surface area contributed by atoms with Crippen molar-refractivity contribution in [2.45, 2.75) is 96.6 Å². The van der Waals surface area contributed by atoms with Gasteiger partial charge in [0.05, 0.1) is 6.10 Å². The second-order valence-electron chi connectivity index (χ2n) is 8.61. The molecule has 0 aromatic carbocycles. The minimum absolute atomic E-state index is 0.0626. The molecule has 0 radical (unpaired) electrons. The van der Waals surface area contributed by atoms with Gasteiger partial charge in [0.25, 0.3) is 0 Å². The number of carbonyl (C=O) groups excluding carboxylic acids is 1. The molecule has 2 aliphatic rings. The maximum absolute atomic E-state index is 12.2. The molecule has 0 aliphatic heterocycles. The fraction of sp³-hybridized carbons (Fsp3) is 0.944. The Labute approximate surface area is 140 Å². The molecule has 0 spiro atoms. The quantitative estimate of drug-likeness (QED) is 0.815. The van der Waals surface area contributed by atoms with Crippen molar-refractivity contribution in [1.29, 1.82) is 0 Å². The fourth-order valence-corrected chi connectivity index (χ4v) is 3.50. The number of ether oxygens (including phenoxy) is 1. The number of aliphatic hydroxyl groups excluding tert-OH is 1. The zero-order valence-corrected chi connectivity index (χ0v) is 15.3. The van der Waals surface area contributed by atoms with E-state index in [0.717, 1.165) is 25.8 Å². The molecule has 23 heavy (non-hydrogen) atoms. The molecular formula is C18H34N2O3. The lowest BCUT2D eigenvalue weighted by Gasteiger charge is -2.42. The fourth-order valence-electron chi connectivity index (χ4n) is 3.50. The number of aliphatic hydroxyl groups is 1. The van der Waals surface area contributed by atoms with Crippen molar-refractivity contribution in [2.24, 2.45) is 5.92 Å². The third kappa shape index (κ3) is 5.96. The average Bonchev–Trinajstić information content (AvgIpc) is 3.20. The normalized spacial score (nSPS) is 29.0. The molecule has 3 unspecified atom stereocenters. The molecule has 2 saturated carbocycles. The zero-order valence-electron chi connectivity index (χ0n) is 15.3. The highest BCUT2D eigenvalue weighted by Gasteiger charge is 2.41. The summed E-state index contributed by atoms with van der Waals surface area (Å²) in [5, 5.41) is 13.2. The van der Waals surface area contributed by atoms with Crippen LogP contribution in [0, 0.1) is 5.92 Å². The Morgan fingerprint density at radius 1 is 1.26 bits per heavy atom. The number of carbonyl (C=O) groups is 1. The standard InChI is InChI=1S/C18H34N2O3/c1-12(2)11-20(13-6-7-13)16-10-14(21)8-9-15(16)19-17(22)23-18(3,4)5/h12-16,21H,6-11H2,1-5H3,(H,19,22). The van der Waals surface area contributed by atoms with Crippen molar-refractivity contribution in [3.8, 4) is 0 Å². The molecule has 3 atom stereocenters. The summed E-state index contributed by atoms with van der Waals surface area (Å²) in [6, 6.07) is 0.893. The molecule has 0 heterocycles. The van der Waals surface area contributed by atoms with Gasteiger partial charge in [-0.25, -0.2) is 4.79 Å². The van der Waals surface area contributed by atoms with E-state index < -0.39 is 5.60 Å². The summed E-state index contributed by atoms with van der Waals surface area (Å²) in [7, 11) is 0. The van der Waals surface area contributed by atoms with E-state index in [1.807, 2.05) is 20.8 Å². The van der Waals surface area contributed by atoms with Gasteiger partial charge in [0.2, 0.25) is 0 Å². The molecule has 134 valence electrons. The van der Waals surface area contributed by atoms with E-state index in [4.69, 9.17) is 4.74 Å². The zero-order chi connectivity index (χ0) is 17.2. The summed E-state index contributed by atoms with van der Waals surface area (Å²) in [4.78, 5) is 14.7. The summed E-state index contributed by atoms with van der Waals surface area (Å²) in [6.45, 7) is 11.1. The van der Waals surface area contributed by atoms with E-state index in [1.54, 1.807) is 0 Å². The Balaban J connectivity index is 2.04. The molecule has 0 aromatic heterocycles. The number of alkyl carbamates (subject to hydrolysis) is 1. The van der Waals surface area contributed by atoms with Crippen LogP contribution in [0.25, 0.3) is 0 Å². The van der Waals surface area contributed by atoms with Gasteiger partial charge in [-0.3, -0.25) is 4.90 Å². The lowest BCUT2D eigenvalue weighted by molar-refractivity contribution is 0.0176. The third-order valence-electron chi connectivity index (χ3n) is 4.51. The van der Waals surface area contributed by atoms with Crippen LogP contribution in [0.2, 0.25) is 0 Å². The monoisotopic (exact) mass is 326 g/mol. The van der Waals surface area contributed by atoms with Crippen LogP contribution in [-0.4, -0.2) is 52.5 Å². The van der Waals surface area contributed by atoms with Crippen LogP contribution >= 0.6 is 0 Å². The van der Waals surface area contributed by atoms with Gasteiger partial charge in [-0.2, -0.15) is 0 Å². The maximum Gasteiger partial charge on any atom is 0.407 e. The molecule has 0 saturated heterocycles. The summed E-state index contributed by atoms with van der Waals surface area (Å²) in [5.74, 6) is 0.580. The second kappa shape index (κ2) is 7.39. The molecule has 0 bridgehead atoms. The predicted octanol–water partition coefficient (Wildman–Crippen LogP) is 2.91. The number of nitrogens with one attached hydrogen (secondary N) is 1. The Hall–Kier alpha value is -0.810. The topological polar surface area (TPSA) is 61.8 Å². The number of amides is 1. The van der Waals surface area contributed by atoms with E-state index in [9.17, 15) is 9.90 Å². The molecule has 5 heteroatoms. The molecule has 2 N–H and O–H groups in total. The molecule has 1 amide bonds. The Kier molecular flexibility index (Phi) is 5.95. The molecule has 2 fully saturated rings. The lowest BCUT2D eigenvalue weighted by atomic mass is 9.86. The number of hydrogen-bond donors (Lipinski definition) is 2. The smallest absolute Gasteiger partial charge is 0.407 e. The highest BCUT2D eigenvalue weighted by atomic mass is 16.6. The van der Waals surface area contributed by atoms with Crippen molar-refractivity contribution in [2.75, 3.05) is 6.54 Å². The SMILES string of the molecule is CC(C)CN(C1CC1)C1CC(O)CCC1NC(=O)OC(C)(C)C. The molecule has 2 rings (SSSR count). The van der Waals surface area contributed by atoms with Crippen LogP contribution in [0.4, 0.5) is 4.79 Å². The van der Waals surface area contributed by atoms with Crippen LogP contribution in [0.5, 0.6) is 0 Å². The Morgan fingerprint density at radius 2 is 1.91 bits per heavy atom. The lowest BCUT2D eigenvalue weighted by Crippen LogP contribution is -2.57. The highest BCUT2D eigenvalue weighted by molar-refractivity contribution is 5.68. The molecule has 5 nitrogen and oxygen atoms in total. The first kappa shape index (κ1) is 18.5. The van der Waals surface area contributed by atoms with Crippen molar-refractivity contribution in [3.05, 3.63) is 0 Å². The van der Waals surface area contributed by atoms with Gasteiger partial charge >= 0.3 is 6.09 Å². The second-order valence-corrected chi connectivity index (χ2v) is 8.61. The molecule has 2 aliphatic carbocycles. The van der Waals surface area contributed by atoms with E-state index in [-0.39, 0.29) is 24.3 Å². The van der Waals surface area contributed by atoms with Crippen LogP contribution in [0.15, 0.2) is 0 Å². The van der Waals surface area contributed by atoms with Crippen molar-refractivity contribution >= 4 is 6.09 Å². The summed E-state index contributed by atoms with van der Waals surface area (Å²) in [6.07, 6.45) is 4.17. The largest absolute Gasteiger partial charge is 0.444 e. The first-order valence-corrected chi connectivity index (χ1v) is 9.09. The third-order valence-corrected chi connectivity index (χ3v) is 4.51. The number of hydrogen-bond acceptors (Lipinski definition) is 4. The van der Waals surface area contributed by atoms with E-state index in [1.165, 1.54) is 12.8 Å². The first-order valence-electron chi connectivity index (χ1n) is 9.09. The van der Waals surface area contributed by atoms with Crippen LogP contribution < -0.4 is 5.32 Å². The summed E-state index contributed by atoms with van der Waals surface area (Å²) >= 11 is 0. The summed E-state index contributed by atoms with van der Waals surface area (Å²) in [5.41, 5.74) is -0.484. The van der Waals surface area contributed by atoms with Crippen LogP contribution in [0.3, 0.4) is 0 Å². The van der Waals surface area contributed by atoms with Crippen LogP contribution in [-0.2, 0) is 4.74 Å². The van der Waals surface area contributed by atoms with Gasteiger partial charge in [0, 0.05) is 24.7 Å². The Morgan fingerprint density at radius 3 is 2.43 bits per heavy atom. The summed E-state index contributed by atoms with van der Waals surface area (Å²) < 4.78 is 5.42. The Bertz CT molecular complexity index is 402. The minimum Gasteiger partial charge on any atom is -0.444 e. The van der Waals surface area contributed by atoms with Crippen molar-refractivity contribution in [1.82, 2.24) is 10.2 Å². The van der Waals surface area contributed by atoms with Gasteiger partial charge in [0.1, 0.15) is 5.60 Å². The average molecular weight is 326 g/mol. The van der Waals surface area contributed by atoms with Crippen molar-refractivity contribution in [3.63, 3.8) is 0 Å². The van der Waals surface area contributed by atoms with Gasteiger partial charge in [-0.15, -0.1) is 0 Å². The predicted molar refractivity (Wildman–Crippen MR) is 91.4 cm³/mol.